The third kappa shape index (κ3) is 4.56. The van der Waals surface area contributed by atoms with Gasteiger partial charge in [0.1, 0.15) is 5.75 Å². The standard InChI is InChI=1S/C13H18F3NO/c1-9(2)8-11(17-3)10-6-4-5-7-12(10)18-13(14,15)16/h4-7,9,11,17H,8H2,1-3H3. The van der Waals surface area contributed by atoms with Gasteiger partial charge in [-0.15, -0.1) is 13.2 Å². The minimum Gasteiger partial charge on any atom is -0.405 e. The summed E-state index contributed by atoms with van der Waals surface area (Å²) < 4.78 is 41.0. The summed E-state index contributed by atoms with van der Waals surface area (Å²) in [5, 5.41) is 3.03. The fraction of sp³-hybridized carbons (Fsp3) is 0.538. The minimum atomic E-state index is -4.66. The average molecular weight is 261 g/mol. The first-order valence-corrected chi connectivity index (χ1v) is 5.85. The van der Waals surface area contributed by atoms with Crippen molar-refractivity contribution in [2.24, 2.45) is 5.92 Å². The van der Waals surface area contributed by atoms with Crippen LogP contribution < -0.4 is 10.1 Å². The molecule has 1 rings (SSSR count). The van der Waals surface area contributed by atoms with Gasteiger partial charge in [-0.3, -0.25) is 0 Å². The van der Waals surface area contributed by atoms with Crippen molar-refractivity contribution >= 4 is 0 Å². The second-order valence-electron chi connectivity index (χ2n) is 4.56. The Morgan fingerprint density at radius 3 is 2.33 bits per heavy atom. The highest BCUT2D eigenvalue weighted by Crippen LogP contribution is 2.32. The van der Waals surface area contributed by atoms with Crippen LogP contribution >= 0.6 is 0 Å². The first kappa shape index (κ1) is 14.8. The number of para-hydroxylation sites is 1. The van der Waals surface area contributed by atoms with Crippen LogP contribution in [0.2, 0.25) is 0 Å². The number of halogens is 3. The van der Waals surface area contributed by atoms with Crippen LogP contribution in [-0.4, -0.2) is 13.4 Å². The zero-order chi connectivity index (χ0) is 13.8. The van der Waals surface area contributed by atoms with Crippen LogP contribution in [0.4, 0.5) is 13.2 Å². The van der Waals surface area contributed by atoms with Gasteiger partial charge in [-0.1, -0.05) is 32.0 Å². The Kier molecular flexibility index (Phi) is 5.02. The smallest absolute Gasteiger partial charge is 0.405 e. The van der Waals surface area contributed by atoms with Crippen LogP contribution in [0, 0.1) is 5.92 Å². The SMILES string of the molecule is CNC(CC(C)C)c1ccccc1OC(F)(F)F. The van der Waals surface area contributed by atoms with Crippen molar-refractivity contribution in [3.63, 3.8) is 0 Å². The van der Waals surface area contributed by atoms with Crippen molar-refractivity contribution in [3.8, 4) is 5.75 Å². The molecule has 0 spiro atoms. The number of hydrogen-bond acceptors (Lipinski definition) is 2. The van der Waals surface area contributed by atoms with Crippen molar-refractivity contribution in [1.29, 1.82) is 0 Å². The van der Waals surface area contributed by atoms with Crippen LogP contribution in [0.3, 0.4) is 0 Å². The van der Waals surface area contributed by atoms with Crippen molar-refractivity contribution in [3.05, 3.63) is 29.8 Å². The van der Waals surface area contributed by atoms with Gasteiger partial charge in [-0.2, -0.15) is 0 Å². The van der Waals surface area contributed by atoms with E-state index in [-0.39, 0.29) is 11.8 Å². The van der Waals surface area contributed by atoms with Crippen LogP contribution in [0.1, 0.15) is 31.9 Å². The van der Waals surface area contributed by atoms with E-state index in [1.54, 1.807) is 19.2 Å². The number of nitrogens with one attached hydrogen (secondary N) is 1. The van der Waals surface area contributed by atoms with Gasteiger partial charge in [0, 0.05) is 11.6 Å². The summed E-state index contributed by atoms with van der Waals surface area (Å²) in [4.78, 5) is 0. The monoisotopic (exact) mass is 261 g/mol. The topological polar surface area (TPSA) is 21.3 Å². The molecule has 0 bridgehead atoms. The number of rotatable bonds is 5. The van der Waals surface area contributed by atoms with Crippen LogP contribution in [0.25, 0.3) is 0 Å². The molecule has 1 aromatic carbocycles. The molecule has 1 atom stereocenters. The second-order valence-corrected chi connectivity index (χ2v) is 4.56. The fourth-order valence-corrected chi connectivity index (χ4v) is 1.86. The molecule has 102 valence electrons. The normalized spacial score (nSPS) is 13.7. The van der Waals surface area contributed by atoms with Gasteiger partial charge in [-0.05, 0) is 25.5 Å². The van der Waals surface area contributed by atoms with Gasteiger partial charge in [-0.25, -0.2) is 0 Å². The first-order chi connectivity index (χ1) is 8.33. The van der Waals surface area contributed by atoms with E-state index in [9.17, 15) is 13.2 Å². The zero-order valence-corrected chi connectivity index (χ0v) is 10.7. The Bertz CT molecular complexity index is 377. The Labute approximate surface area is 105 Å². The molecule has 0 aliphatic rings. The van der Waals surface area contributed by atoms with Crippen molar-refractivity contribution in [1.82, 2.24) is 5.32 Å². The van der Waals surface area contributed by atoms with Gasteiger partial charge in [0.05, 0.1) is 0 Å². The number of ether oxygens (including phenoxy) is 1. The van der Waals surface area contributed by atoms with E-state index >= 15 is 0 Å². The predicted molar refractivity (Wildman–Crippen MR) is 64.4 cm³/mol. The van der Waals surface area contributed by atoms with Crippen LogP contribution in [-0.2, 0) is 0 Å². The number of benzene rings is 1. The molecule has 0 amide bonds. The zero-order valence-electron chi connectivity index (χ0n) is 10.7. The maximum absolute atomic E-state index is 12.3. The van der Waals surface area contributed by atoms with Crippen molar-refractivity contribution in [2.45, 2.75) is 32.7 Å². The van der Waals surface area contributed by atoms with Gasteiger partial charge >= 0.3 is 6.36 Å². The molecular formula is C13H18F3NO. The Morgan fingerprint density at radius 2 is 1.83 bits per heavy atom. The van der Waals surface area contributed by atoms with Crippen molar-refractivity contribution in [2.75, 3.05) is 7.05 Å². The van der Waals surface area contributed by atoms with E-state index in [2.05, 4.69) is 10.1 Å². The molecule has 0 aromatic heterocycles. The summed E-state index contributed by atoms with van der Waals surface area (Å²) in [5.41, 5.74) is 0.533. The van der Waals surface area contributed by atoms with Crippen LogP contribution in [0.5, 0.6) is 5.75 Å². The molecule has 2 nitrogen and oxygen atoms in total. The molecule has 0 saturated carbocycles. The largest absolute Gasteiger partial charge is 0.573 e. The Hall–Kier alpha value is -1.23. The summed E-state index contributed by atoms with van der Waals surface area (Å²) in [6.07, 6.45) is -3.92. The lowest BCUT2D eigenvalue weighted by Crippen LogP contribution is -2.22. The highest BCUT2D eigenvalue weighted by Gasteiger charge is 2.32. The van der Waals surface area contributed by atoms with E-state index in [4.69, 9.17) is 0 Å². The highest BCUT2D eigenvalue weighted by molar-refractivity contribution is 5.36. The molecule has 0 saturated heterocycles. The molecule has 0 radical (unpaired) electrons. The molecule has 5 heteroatoms. The van der Waals surface area contributed by atoms with Crippen LogP contribution in [0.15, 0.2) is 24.3 Å². The summed E-state index contributed by atoms with van der Waals surface area (Å²) in [7, 11) is 1.73. The lowest BCUT2D eigenvalue weighted by molar-refractivity contribution is -0.275. The van der Waals surface area contributed by atoms with E-state index in [0.717, 1.165) is 6.42 Å². The fourth-order valence-electron chi connectivity index (χ4n) is 1.86. The lowest BCUT2D eigenvalue weighted by atomic mass is 9.96. The quantitative estimate of drug-likeness (QED) is 0.868. The van der Waals surface area contributed by atoms with Gasteiger partial charge in [0.2, 0.25) is 0 Å². The summed E-state index contributed by atoms with van der Waals surface area (Å²) in [6, 6.07) is 6.09. The molecule has 0 fully saturated rings. The van der Waals surface area contributed by atoms with Gasteiger partial charge in [0.15, 0.2) is 0 Å². The molecule has 0 aliphatic carbocycles. The van der Waals surface area contributed by atoms with E-state index in [1.807, 2.05) is 13.8 Å². The molecule has 1 N–H and O–H groups in total. The number of alkyl halides is 3. The van der Waals surface area contributed by atoms with E-state index < -0.39 is 6.36 Å². The lowest BCUT2D eigenvalue weighted by Gasteiger charge is -2.22. The molecule has 1 aromatic rings. The highest BCUT2D eigenvalue weighted by atomic mass is 19.4. The second kappa shape index (κ2) is 6.09. The molecule has 18 heavy (non-hydrogen) atoms. The molecule has 0 heterocycles. The summed E-state index contributed by atoms with van der Waals surface area (Å²) in [5.74, 6) is 0.242. The predicted octanol–water partition coefficient (Wildman–Crippen LogP) is 3.89. The van der Waals surface area contributed by atoms with Gasteiger partial charge in [0.25, 0.3) is 0 Å². The molecular weight excluding hydrogens is 243 g/mol. The average Bonchev–Trinajstić information content (AvgIpc) is 2.24. The Morgan fingerprint density at radius 1 is 1.22 bits per heavy atom. The number of hydrogen-bond donors (Lipinski definition) is 1. The molecule has 1 unspecified atom stereocenters. The summed E-state index contributed by atoms with van der Waals surface area (Å²) in [6.45, 7) is 4.05. The first-order valence-electron chi connectivity index (χ1n) is 5.85. The maximum Gasteiger partial charge on any atom is 0.573 e. The Balaban J connectivity index is 2.99. The van der Waals surface area contributed by atoms with Crippen molar-refractivity contribution < 1.29 is 17.9 Å². The summed E-state index contributed by atoms with van der Waals surface area (Å²) >= 11 is 0. The third-order valence-corrected chi connectivity index (χ3v) is 2.58. The van der Waals surface area contributed by atoms with E-state index in [0.29, 0.717) is 11.5 Å². The minimum absolute atomic E-state index is 0.134. The van der Waals surface area contributed by atoms with Gasteiger partial charge < -0.3 is 10.1 Å². The molecule has 0 aliphatic heterocycles. The van der Waals surface area contributed by atoms with E-state index in [1.165, 1.54) is 12.1 Å². The maximum atomic E-state index is 12.3. The third-order valence-electron chi connectivity index (χ3n) is 2.58.